The number of carbonyl (C=O) groups excluding carboxylic acids is 1. The Hall–Kier alpha value is -3.03. The van der Waals surface area contributed by atoms with Crippen LogP contribution in [0.1, 0.15) is 21.7 Å². The molecule has 3 heterocycles. The Morgan fingerprint density at radius 1 is 1.07 bits per heavy atom. The van der Waals surface area contributed by atoms with Gasteiger partial charge in [0, 0.05) is 17.0 Å². The predicted octanol–water partition coefficient (Wildman–Crippen LogP) is 3.54. The number of rotatable bonds is 2. The average Bonchev–Trinajstić information content (AvgIpc) is 3.04. The number of piperazine rings is 1. The number of amides is 1. The Balaban J connectivity index is 1.45. The second-order valence-corrected chi connectivity index (χ2v) is 6.79. The monoisotopic (exact) mass is 390 g/mol. The number of aryl methyl sites for hydroxylation is 1. The number of H-pyrrole nitrogens is 1. The first-order chi connectivity index (χ1) is 13.3. The van der Waals surface area contributed by atoms with E-state index in [4.69, 9.17) is 4.42 Å². The summed E-state index contributed by atoms with van der Waals surface area (Å²) in [5.74, 6) is 0.778. The maximum absolute atomic E-state index is 12.9. The fourth-order valence-corrected chi connectivity index (χ4v) is 3.46. The van der Waals surface area contributed by atoms with E-state index in [9.17, 15) is 18.0 Å². The van der Waals surface area contributed by atoms with Crippen molar-refractivity contribution in [2.45, 2.75) is 13.1 Å². The molecule has 8 heteroatoms. The lowest BCUT2D eigenvalue weighted by Crippen LogP contribution is -2.50. The Kier molecular flexibility index (Phi) is 4.49. The summed E-state index contributed by atoms with van der Waals surface area (Å²) in [6.07, 6.45) is -3.41. The average molecular weight is 390 g/mol. The summed E-state index contributed by atoms with van der Waals surface area (Å²) in [4.78, 5) is 19.2. The van der Waals surface area contributed by atoms with Gasteiger partial charge in [0.1, 0.15) is 24.9 Å². The van der Waals surface area contributed by atoms with Crippen LogP contribution in [0.5, 0.6) is 0 Å². The zero-order chi connectivity index (χ0) is 19.9. The van der Waals surface area contributed by atoms with E-state index in [0.29, 0.717) is 43.3 Å². The largest absolute Gasteiger partial charge is 0.451 e. The minimum Gasteiger partial charge on any atom is -0.451 e. The second-order valence-electron chi connectivity index (χ2n) is 6.79. The number of benzene rings is 1. The molecular formula is C20H19F3N3O2+. The number of nitrogens with one attached hydrogen (secondary N) is 1. The van der Waals surface area contributed by atoms with Crippen molar-refractivity contribution >= 4 is 22.7 Å². The first-order valence-corrected chi connectivity index (χ1v) is 8.96. The fraction of sp³-hybridized carbons (Fsp3) is 0.300. The maximum atomic E-state index is 12.9. The van der Waals surface area contributed by atoms with Gasteiger partial charge < -0.3 is 9.32 Å². The van der Waals surface area contributed by atoms with Crippen molar-refractivity contribution in [1.82, 2.24) is 4.90 Å². The van der Waals surface area contributed by atoms with Crippen molar-refractivity contribution in [3.8, 4) is 0 Å². The Morgan fingerprint density at radius 2 is 1.79 bits per heavy atom. The summed E-state index contributed by atoms with van der Waals surface area (Å²) >= 11 is 0. The van der Waals surface area contributed by atoms with Crippen LogP contribution in [0.15, 0.2) is 47.0 Å². The Bertz CT molecular complexity index is 1000. The fourth-order valence-electron chi connectivity index (χ4n) is 3.46. The minimum atomic E-state index is -4.37. The maximum Gasteiger partial charge on any atom is 0.419 e. The SMILES string of the molecule is Cc1c(C(=O)N2CCN(c3ccc(C(F)(F)F)c[nH+]3)CC2)oc2ccccc12. The van der Waals surface area contributed by atoms with Gasteiger partial charge in [0.05, 0.1) is 18.7 Å². The molecule has 4 rings (SSSR count). The molecule has 0 atom stereocenters. The van der Waals surface area contributed by atoms with E-state index >= 15 is 0 Å². The van der Waals surface area contributed by atoms with Crippen LogP contribution < -0.4 is 9.88 Å². The lowest BCUT2D eigenvalue weighted by molar-refractivity contribution is -0.367. The summed E-state index contributed by atoms with van der Waals surface area (Å²) in [6.45, 7) is 3.83. The molecule has 0 unspecified atom stereocenters. The van der Waals surface area contributed by atoms with E-state index in [1.54, 1.807) is 4.90 Å². The van der Waals surface area contributed by atoms with Gasteiger partial charge >= 0.3 is 6.18 Å². The van der Waals surface area contributed by atoms with Crippen molar-refractivity contribution in [1.29, 1.82) is 0 Å². The highest BCUT2D eigenvalue weighted by molar-refractivity contribution is 5.99. The smallest absolute Gasteiger partial charge is 0.419 e. The lowest BCUT2D eigenvalue weighted by Gasteiger charge is -2.30. The third-order valence-corrected chi connectivity index (χ3v) is 5.07. The standard InChI is InChI=1S/C20H18F3N3O2/c1-13-15-4-2-3-5-16(15)28-18(13)19(27)26-10-8-25(9-11-26)17-7-6-14(12-24-17)20(21,22)23/h2-7,12H,8-11H2,1H3/p+1. The molecule has 1 aliphatic rings. The summed E-state index contributed by atoms with van der Waals surface area (Å²) < 4.78 is 43.8. The van der Waals surface area contributed by atoms with E-state index < -0.39 is 11.7 Å². The highest BCUT2D eigenvalue weighted by Crippen LogP contribution is 2.29. The van der Waals surface area contributed by atoms with Gasteiger partial charge in [0.2, 0.25) is 0 Å². The van der Waals surface area contributed by atoms with Gasteiger partial charge in [0.15, 0.2) is 5.76 Å². The number of aromatic amines is 1. The zero-order valence-corrected chi connectivity index (χ0v) is 15.2. The summed E-state index contributed by atoms with van der Waals surface area (Å²) in [7, 11) is 0. The van der Waals surface area contributed by atoms with Crippen LogP contribution in [0.2, 0.25) is 0 Å². The number of pyridine rings is 1. The number of halogens is 3. The quantitative estimate of drug-likeness (QED) is 0.673. The molecular weight excluding hydrogens is 371 g/mol. The third kappa shape index (κ3) is 3.30. The van der Waals surface area contributed by atoms with Crippen LogP contribution in [0.3, 0.4) is 0 Å². The van der Waals surface area contributed by atoms with Crippen LogP contribution in [-0.4, -0.2) is 37.0 Å². The van der Waals surface area contributed by atoms with Gasteiger partial charge in [0.25, 0.3) is 11.7 Å². The molecule has 1 amide bonds. The number of para-hydroxylation sites is 1. The molecule has 1 fully saturated rings. The molecule has 1 aliphatic heterocycles. The molecule has 1 saturated heterocycles. The lowest BCUT2D eigenvalue weighted by atomic mass is 10.1. The van der Waals surface area contributed by atoms with Crippen molar-refractivity contribution in [3.05, 3.63) is 59.5 Å². The predicted molar refractivity (Wildman–Crippen MR) is 97.1 cm³/mol. The van der Waals surface area contributed by atoms with E-state index in [0.717, 1.165) is 23.2 Å². The van der Waals surface area contributed by atoms with Gasteiger partial charge in [-0.25, -0.2) is 4.98 Å². The molecule has 0 aliphatic carbocycles. The van der Waals surface area contributed by atoms with Crippen LogP contribution >= 0.6 is 0 Å². The van der Waals surface area contributed by atoms with E-state index in [1.807, 2.05) is 36.1 Å². The van der Waals surface area contributed by atoms with Crippen molar-refractivity contribution in [3.63, 3.8) is 0 Å². The van der Waals surface area contributed by atoms with E-state index in [1.165, 1.54) is 6.07 Å². The van der Waals surface area contributed by atoms with Crippen molar-refractivity contribution in [2.24, 2.45) is 0 Å². The first-order valence-electron chi connectivity index (χ1n) is 8.96. The topological polar surface area (TPSA) is 50.8 Å². The van der Waals surface area contributed by atoms with Crippen molar-refractivity contribution < 1.29 is 27.4 Å². The van der Waals surface area contributed by atoms with Gasteiger partial charge in [-0.1, -0.05) is 18.2 Å². The highest BCUT2D eigenvalue weighted by Gasteiger charge is 2.33. The number of alkyl halides is 3. The van der Waals surface area contributed by atoms with Crippen LogP contribution in [0, 0.1) is 6.92 Å². The number of aromatic nitrogens is 1. The number of anilines is 1. The number of carbonyl (C=O) groups is 1. The van der Waals surface area contributed by atoms with E-state index in [2.05, 4.69) is 4.98 Å². The number of fused-ring (bicyclic) bond motifs is 1. The van der Waals surface area contributed by atoms with Gasteiger partial charge in [-0.3, -0.25) is 9.69 Å². The zero-order valence-electron chi connectivity index (χ0n) is 15.2. The number of furan rings is 1. The molecule has 0 radical (unpaired) electrons. The molecule has 1 N–H and O–H groups in total. The van der Waals surface area contributed by atoms with Gasteiger partial charge in [-0.15, -0.1) is 0 Å². The molecule has 3 aromatic rings. The molecule has 146 valence electrons. The molecule has 0 spiro atoms. The number of hydrogen-bond acceptors (Lipinski definition) is 3. The molecule has 5 nitrogen and oxygen atoms in total. The summed E-state index contributed by atoms with van der Waals surface area (Å²) in [5, 5.41) is 0.920. The highest BCUT2D eigenvalue weighted by atomic mass is 19.4. The minimum absolute atomic E-state index is 0.162. The molecule has 0 bridgehead atoms. The Labute approximate surface area is 159 Å². The van der Waals surface area contributed by atoms with Crippen LogP contribution in [0.4, 0.5) is 19.0 Å². The summed E-state index contributed by atoms with van der Waals surface area (Å²) in [5.41, 5.74) is 0.783. The second kappa shape index (κ2) is 6.85. The number of nitrogens with zero attached hydrogens (tertiary/aromatic N) is 2. The Morgan fingerprint density at radius 3 is 2.39 bits per heavy atom. The normalized spacial score (nSPS) is 15.3. The molecule has 0 saturated carbocycles. The molecule has 2 aromatic heterocycles. The first kappa shape index (κ1) is 18.3. The molecule has 1 aromatic carbocycles. The van der Waals surface area contributed by atoms with Crippen molar-refractivity contribution in [2.75, 3.05) is 31.1 Å². The molecule has 28 heavy (non-hydrogen) atoms. The van der Waals surface area contributed by atoms with E-state index in [-0.39, 0.29) is 5.91 Å². The van der Waals surface area contributed by atoms with Gasteiger partial charge in [-0.05, 0) is 19.1 Å². The van der Waals surface area contributed by atoms with Crippen LogP contribution in [0.25, 0.3) is 11.0 Å². The van der Waals surface area contributed by atoms with Crippen LogP contribution in [-0.2, 0) is 6.18 Å². The third-order valence-electron chi connectivity index (χ3n) is 5.07. The number of hydrogen-bond donors (Lipinski definition) is 0. The summed E-state index contributed by atoms with van der Waals surface area (Å²) in [6, 6.07) is 9.99. The van der Waals surface area contributed by atoms with Gasteiger partial charge in [-0.2, -0.15) is 13.2 Å².